The number of halogens is 1. The summed E-state index contributed by atoms with van der Waals surface area (Å²) in [5, 5.41) is 0. The van der Waals surface area contributed by atoms with Gasteiger partial charge in [0.25, 0.3) is 0 Å². The molecule has 1 aromatic carbocycles. The molecule has 0 amide bonds. The maximum absolute atomic E-state index is 12.1. The second kappa shape index (κ2) is 5.75. The molecule has 0 N–H and O–H groups in total. The van der Waals surface area contributed by atoms with Crippen LogP contribution in [0.3, 0.4) is 0 Å². The summed E-state index contributed by atoms with van der Waals surface area (Å²) in [6, 6.07) is 9.51. The molecule has 6 heteroatoms. The summed E-state index contributed by atoms with van der Waals surface area (Å²) in [7, 11) is 1.49. The fourth-order valence-corrected chi connectivity index (χ4v) is 2.55. The summed E-state index contributed by atoms with van der Waals surface area (Å²) in [5.74, 6) is 0.150. The largest absolute Gasteiger partial charge is 0.376 e. The fourth-order valence-electron chi connectivity index (χ4n) is 2.15. The van der Waals surface area contributed by atoms with Gasteiger partial charge in [-0.15, -0.1) is 0 Å². The summed E-state index contributed by atoms with van der Waals surface area (Å²) in [5.41, 5.74) is 2.23. The molecule has 21 heavy (non-hydrogen) atoms. The van der Waals surface area contributed by atoms with E-state index in [9.17, 15) is 4.79 Å². The Kier molecular flexibility index (Phi) is 3.81. The van der Waals surface area contributed by atoms with Crippen molar-refractivity contribution in [3.63, 3.8) is 0 Å². The van der Waals surface area contributed by atoms with Gasteiger partial charge in [-0.2, -0.15) is 0 Å². The second-order valence-corrected chi connectivity index (χ2v) is 5.38. The average Bonchev–Trinajstić information content (AvgIpc) is 2.87. The molecule has 0 aliphatic heterocycles. The molecule has 0 spiro atoms. The molecule has 0 atom stereocenters. The fraction of sp³-hybridized carbons (Fsp3) is 0.133. The zero-order valence-corrected chi connectivity index (χ0v) is 12.9. The molecular weight excluding hydrogens is 334 g/mol. The van der Waals surface area contributed by atoms with Crippen molar-refractivity contribution in [3.8, 4) is 11.3 Å². The Morgan fingerprint density at radius 3 is 3.00 bits per heavy atom. The maximum atomic E-state index is 12.1. The van der Waals surface area contributed by atoms with E-state index in [-0.39, 0.29) is 12.4 Å². The van der Waals surface area contributed by atoms with Gasteiger partial charge in [0, 0.05) is 29.5 Å². The lowest BCUT2D eigenvalue weighted by Crippen LogP contribution is -2.11. The normalized spacial score (nSPS) is 11.0. The number of imidazole rings is 1. The molecule has 0 saturated heterocycles. The number of nitrogens with zero attached hydrogens (tertiary/aromatic N) is 3. The van der Waals surface area contributed by atoms with Gasteiger partial charge in [0.05, 0.1) is 0 Å². The summed E-state index contributed by atoms with van der Waals surface area (Å²) in [6.07, 6.45) is 3.46. The van der Waals surface area contributed by atoms with Crippen LogP contribution < -0.4 is 0 Å². The third-order valence-corrected chi connectivity index (χ3v) is 3.52. The zero-order valence-electron chi connectivity index (χ0n) is 11.3. The van der Waals surface area contributed by atoms with E-state index in [0.29, 0.717) is 17.2 Å². The first-order valence-corrected chi connectivity index (χ1v) is 7.11. The van der Waals surface area contributed by atoms with E-state index in [1.165, 1.54) is 7.11 Å². The van der Waals surface area contributed by atoms with Crippen molar-refractivity contribution < 1.29 is 9.53 Å². The lowest BCUT2D eigenvalue weighted by atomic mass is 10.2. The minimum absolute atomic E-state index is 0.00800. The van der Waals surface area contributed by atoms with Crippen LogP contribution >= 0.6 is 15.9 Å². The molecule has 0 bridgehead atoms. The van der Waals surface area contributed by atoms with E-state index in [1.807, 2.05) is 24.3 Å². The summed E-state index contributed by atoms with van der Waals surface area (Å²) < 4.78 is 7.55. The number of aromatic nitrogens is 3. The molecule has 0 saturated carbocycles. The number of carbonyl (C=O) groups is 1. The summed E-state index contributed by atoms with van der Waals surface area (Å²) in [6.45, 7) is -0.00800. The first-order valence-electron chi connectivity index (χ1n) is 6.32. The highest BCUT2D eigenvalue weighted by molar-refractivity contribution is 9.10. The number of fused-ring (bicyclic) bond motifs is 1. The van der Waals surface area contributed by atoms with Gasteiger partial charge in [0.1, 0.15) is 12.3 Å². The summed E-state index contributed by atoms with van der Waals surface area (Å²) >= 11 is 3.44. The number of ether oxygens (including phenoxy) is 1. The monoisotopic (exact) mass is 345 g/mol. The average molecular weight is 346 g/mol. The van der Waals surface area contributed by atoms with Gasteiger partial charge < -0.3 is 4.74 Å². The topological polar surface area (TPSA) is 56.5 Å². The van der Waals surface area contributed by atoms with Crippen molar-refractivity contribution in [2.45, 2.75) is 0 Å². The van der Waals surface area contributed by atoms with E-state index < -0.39 is 0 Å². The smallest absolute Gasteiger partial charge is 0.224 e. The molecule has 106 valence electrons. The van der Waals surface area contributed by atoms with Gasteiger partial charge in [-0.1, -0.05) is 28.1 Å². The van der Waals surface area contributed by atoms with Gasteiger partial charge in [-0.05, 0) is 18.2 Å². The van der Waals surface area contributed by atoms with E-state index in [1.54, 1.807) is 22.9 Å². The summed E-state index contributed by atoms with van der Waals surface area (Å²) in [4.78, 5) is 20.9. The molecule has 0 aliphatic rings. The molecule has 0 aliphatic carbocycles. The highest BCUT2D eigenvalue weighted by atomic mass is 79.9. The molecule has 2 aromatic heterocycles. The van der Waals surface area contributed by atoms with Crippen LogP contribution in [0.5, 0.6) is 0 Å². The highest BCUT2D eigenvalue weighted by Crippen LogP contribution is 2.26. The number of benzene rings is 1. The Hall–Kier alpha value is -2.05. The second-order valence-electron chi connectivity index (χ2n) is 4.46. The van der Waals surface area contributed by atoms with Gasteiger partial charge >= 0.3 is 0 Å². The van der Waals surface area contributed by atoms with Crippen LogP contribution in [0.4, 0.5) is 0 Å². The van der Waals surface area contributed by atoms with Gasteiger partial charge in [-0.3, -0.25) is 9.20 Å². The minimum atomic E-state index is -0.179. The Labute approximate surface area is 129 Å². The first kappa shape index (κ1) is 13.9. The van der Waals surface area contributed by atoms with Crippen LogP contribution in [0.2, 0.25) is 0 Å². The number of carbonyl (C=O) groups excluding carboxylic acids is 1. The van der Waals surface area contributed by atoms with Crippen molar-refractivity contribution in [1.29, 1.82) is 0 Å². The molecule has 2 heterocycles. The van der Waals surface area contributed by atoms with Crippen molar-refractivity contribution in [3.05, 3.63) is 53.0 Å². The van der Waals surface area contributed by atoms with Crippen molar-refractivity contribution in [2.24, 2.45) is 0 Å². The molecule has 3 rings (SSSR count). The molecule has 0 fully saturated rings. The Balaban J connectivity index is 2.22. The zero-order chi connectivity index (χ0) is 14.8. The number of hydrogen-bond acceptors (Lipinski definition) is 4. The quantitative estimate of drug-likeness (QED) is 0.682. The van der Waals surface area contributed by atoms with Crippen LogP contribution in [0.1, 0.15) is 10.6 Å². The number of rotatable bonds is 4. The molecular formula is C15H12BrN3O2. The van der Waals surface area contributed by atoms with Crippen LogP contribution in [0.15, 0.2) is 47.2 Å². The Morgan fingerprint density at radius 1 is 1.38 bits per heavy atom. The van der Waals surface area contributed by atoms with E-state index in [4.69, 9.17) is 4.74 Å². The van der Waals surface area contributed by atoms with E-state index in [2.05, 4.69) is 25.9 Å². The number of methoxy groups -OCH3 is 1. The van der Waals surface area contributed by atoms with Crippen LogP contribution in [0, 0.1) is 0 Å². The number of ketones is 1. The van der Waals surface area contributed by atoms with Gasteiger partial charge in [0.2, 0.25) is 5.78 Å². The van der Waals surface area contributed by atoms with E-state index in [0.717, 1.165) is 10.0 Å². The molecule has 0 radical (unpaired) electrons. The van der Waals surface area contributed by atoms with Crippen molar-refractivity contribution in [1.82, 2.24) is 14.4 Å². The predicted molar refractivity (Wildman–Crippen MR) is 82.3 cm³/mol. The SMILES string of the molecule is COCC(=O)c1nc(-c2cccc(Br)c2)c2ncccn12. The van der Waals surface area contributed by atoms with E-state index >= 15 is 0 Å². The lowest BCUT2D eigenvalue weighted by molar-refractivity contribution is 0.0837. The van der Waals surface area contributed by atoms with Crippen LogP contribution in [-0.2, 0) is 4.74 Å². The standard InChI is InChI=1S/C15H12BrN3O2/c1-21-9-12(20)14-18-13(10-4-2-5-11(16)8-10)15-17-6-3-7-19(14)15/h2-8H,9H2,1H3. The minimum Gasteiger partial charge on any atom is -0.376 e. The van der Waals surface area contributed by atoms with Crippen LogP contribution in [-0.4, -0.2) is 33.9 Å². The van der Waals surface area contributed by atoms with Gasteiger partial charge in [-0.25, -0.2) is 9.97 Å². The third kappa shape index (κ3) is 2.59. The lowest BCUT2D eigenvalue weighted by Gasteiger charge is -1.99. The maximum Gasteiger partial charge on any atom is 0.224 e. The van der Waals surface area contributed by atoms with Crippen molar-refractivity contribution >= 4 is 27.4 Å². The number of Topliss-reactive ketones (excluding diaryl/α,β-unsaturated/α-hetero) is 1. The Morgan fingerprint density at radius 2 is 2.24 bits per heavy atom. The highest BCUT2D eigenvalue weighted by Gasteiger charge is 2.18. The predicted octanol–water partition coefficient (Wildman–Crippen LogP) is 2.99. The third-order valence-electron chi connectivity index (χ3n) is 3.03. The molecule has 0 unspecified atom stereocenters. The van der Waals surface area contributed by atoms with Crippen LogP contribution in [0.25, 0.3) is 16.9 Å². The Bertz CT molecular complexity index is 814. The molecule has 3 aromatic rings. The first-order chi connectivity index (χ1) is 10.2. The molecule has 5 nitrogen and oxygen atoms in total. The van der Waals surface area contributed by atoms with Crippen molar-refractivity contribution in [2.75, 3.05) is 13.7 Å². The number of hydrogen-bond donors (Lipinski definition) is 0. The van der Waals surface area contributed by atoms with Gasteiger partial charge in [0.15, 0.2) is 11.5 Å².